The Hall–Kier alpha value is -1.61. The van der Waals surface area contributed by atoms with Gasteiger partial charge in [-0.1, -0.05) is 12.1 Å². The van der Waals surface area contributed by atoms with Crippen molar-refractivity contribution in [2.24, 2.45) is 5.73 Å². The molecule has 2 rings (SSSR count). The number of hydrogen-bond acceptors (Lipinski definition) is 3. The Morgan fingerprint density at radius 1 is 1.36 bits per heavy atom. The maximum atomic E-state index is 11.1. The van der Waals surface area contributed by atoms with Crippen molar-refractivity contribution in [3.05, 3.63) is 45.8 Å². The van der Waals surface area contributed by atoms with Crippen LogP contribution in [0.4, 0.5) is 0 Å². The second kappa shape index (κ2) is 3.27. The Labute approximate surface area is 81.1 Å². The van der Waals surface area contributed by atoms with Gasteiger partial charge in [0.2, 0.25) is 0 Å². The summed E-state index contributed by atoms with van der Waals surface area (Å²) < 4.78 is 5.07. The lowest BCUT2D eigenvalue weighted by molar-refractivity contribution is 0.559. The Balaban J connectivity index is 2.82. The van der Waals surface area contributed by atoms with Crippen molar-refractivity contribution in [1.82, 2.24) is 0 Å². The summed E-state index contributed by atoms with van der Waals surface area (Å²) in [5.74, 6) is 0. The van der Waals surface area contributed by atoms with Gasteiger partial charge in [-0.25, -0.2) is 4.79 Å². The van der Waals surface area contributed by atoms with Crippen LogP contribution in [0.5, 0.6) is 0 Å². The number of nitrogens with two attached hydrogens (primary N) is 1. The van der Waals surface area contributed by atoms with E-state index in [1.807, 2.05) is 25.1 Å². The zero-order valence-corrected chi connectivity index (χ0v) is 7.91. The zero-order chi connectivity index (χ0) is 10.1. The fourth-order valence-electron chi connectivity index (χ4n) is 1.50. The fraction of sp³-hybridized carbons (Fsp3) is 0.182. The molecule has 0 saturated carbocycles. The lowest BCUT2D eigenvalue weighted by Crippen LogP contribution is -2.00. The number of fused-ring (bicyclic) bond motifs is 1. The molecule has 72 valence electrons. The first-order valence-corrected chi connectivity index (χ1v) is 4.44. The summed E-state index contributed by atoms with van der Waals surface area (Å²) in [6.07, 6.45) is 0. The lowest BCUT2D eigenvalue weighted by Gasteiger charge is -2.01. The summed E-state index contributed by atoms with van der Waals surface area (Å²) in [4.78, 5) is 11.1. The van der Waals surface area contributed by atoms with Gasteiger partial charge in [0, 0.05) is 18.0 Å². The number of rotatable bonds is 1. The van der Waals surface area contributed by atoms with E-state index in [0.29, 0.717) is 12.1 Å². The summed E-state index contributed by atoms with van der Waals surface area (Å²) in [5, 5.41) is 0.960. The molecule has 2 N–H and O–H groups in total. The second-order valence-electron chi connectivity index (χ2n) is 3.28. The molecule has 1 aromatic heterocycles. The molecule has 0 aliphatic heterocycles. The Kier molecular flexibility index (Phi) is 2.09. The fourth-order valence-corrected chi connectivity index (χ4v) is 1.50. The molecule has 0 amide bonds. The van der Waals surface area contributed by atoms with Gasteiger partial charge >= 0.3 is 5.63 Å². The number of aryl methyl sites for hydroxylation is 1. The zero-order valence-electron chi connectivity index (χ0n) is 7.91. The van der Waals surface area contributed by atoms with E-state index in [0.717, 1.165) is 16.5 Å². The molecule has 0 spiro atoms. The van der Waals surface area contributed by atoms with E-state index in [9.17, 15) is 4.79 Å². The molecular formula is C11H11NO2. The summed E-state index contributed by atoms with van der Waals surface area (Å²) in [6, 6.07) is 7.17. The third-order valence-corrected chi connectivity index (χ3v) is 2.25. The van der Waals surface area contributed by atoms with Crippen molar-refractivity contribution in [1.29, 1.82) is 0 Å². The van der Waals surface area contributed by atoms with Gasteiger partial charge in [0.1, 0.15) is 5.58 Å². The normalized spacial score (nSPS) is 10.7. The van der Waals surface area contributed by atoms with E-state index in [1.54, 1.807) is 0 Å². The smallest absolute Gasteiger partial charge is 0.336 e. The van der Waals surface area contributed by atoms with Crippen LogP contribution >= 0.6 is 0 Å². The average molecular weight is 189 g/mol. The second-order valence-corrected chi connectivity index (χ2v) is 3.28. The van der Waals surface area contributed by atoms with Crippen LogP contribution in [-0.4, -0.2) is 0 Å². The van der Waals surface area contributed by atoms with Gasteiger partial charge in [-0.15, -0.1) is 0 Å². The SMILES string of the molecule is Cc1cc(=O)oc2cc(CN)ccc12. The largest absolute Gasteiger partial charge is 0.423 e. The summed E-state index contributed by atoms with van der Waals surface area (Å²) in [5.41, 5.74) is 7.69. The Morgan fingerprint density at radius 2 is 2.14 bits per heavy atom. The molecular weight excluding hydrogens is 178 g/mol. The topological polar surface area (TPSA) is 56.2 Å². The molecule has 2 aromatic rings. The summed E-state index contributed by atoms with van der Waals surface area (Å²) >= 11 is 0. The maximum absolute atomic E-state index is 11.1. The minimum atomic E-state index is -0.316. The molecule has 1 heterocycles. The van der Waals surface area contributed by atoms with E-state index in [1.165, 1.54) is 6.07 Å². The maximum Gasteiger partial charge on any atom is 0.336 e. The molecule has 0 unspecified atom stereocenters. The number of hydrogen-bond donors (Lipinski definition) is 1. The van der Waals surface area contributed by atoms with Gasteiger partial charge in [-0.05, 0) is 24.1 Å². The molecule has 0 radical (unpaired) electrons. The van der Waals surface area contributed by atoms with Gasteiger partial charge in [0.05, 0.1) is 0 Å². The van der Waals surface area contributed by atoms with Crippen LogP contribution in [0.15, 0.2) is 33.5 Å². The highest BCUT2D eigenvalue weighted by atomic mass is 16.4. The highest BCUT2D eigenvalue weighted by Gasteiger charge is 2.01. The van der Waals surface area contributed by atoms with Crippen molar-refractivity contribution in [3.8, 4) is 0 Å². The van der Waals surface area contributed by atoms with Crippen LogP contribution < -0.4 is 11.4 Å². The summed E-state index contributed by atoms with van der Waals surface area (Å²) in [7, 11) is 0. The molecule has 0 fully saturated rings. The van der Waals surface area contributed by atoms with Crippen molar-refractivity contribution in [3.63, 3.8) is 0 Å². The van der Waals surface area contributed by atoms with Gasteiger partial charge < -0.3 is 10.2 Å². The predicted octanol–water partition coefficient (Wildman–Crippen LogP) is 1.56. The van der Waals surface area contributed by atoms with Crippen LogP contribution in [0.3, 0.4) is 0 Å². The monoisotopic (exact) mass is 189 g/mol. The minimum absolute atomic E-state index is 0.316. The van der Waals surface area contributed by atoms with Crippen molar-refractivity contribution in [2.45, 2.75) is 13.5 Å². The van der Waals surface area contributed by atoms with Crippen LogP contribution in [0.25, 0.3) is 11.0 Å². The third kappa shape index (κ3) is 1.42. The van der Waals surface area contributed by atoms with E-state index in [-0.39, 0.29) is 5.63 Å². The minimum Gasteiger partial charge on any atom is -0.423 e. The van der Waals surface area contributed by atoms with Crippen molar-refractivity contribution in [2.75, 3.05) is 0 Å². The van der Waals surface area contributed by atoms with Crippen LogP contribution in [0, 0.1) is 6.92 Å². The Morgan fingerprint density at radius 3 is 2.86 bits per heavy atom. The van der Waals surface area contributed by atoms with Crippen LogP contribution in [0.2, 0.25) is 0 Å². The molecule has 0 saturated heterocycles. The quantitative estimate of drug-likeness (QED) is 0.692. The van der Waals surface area contributed by atoms with Crippen molar-refractivity contribution >= 4 is 11.0 Å². The molecule has 0 atom stereocenters. The van der Waals surface area contributed by atoms with Gasteiger partial charge in [-0.3, -0.25) is 0 Å². The molecule has 3 nitrogen and oxygen atoms in total. The predicted molar refractivity (Wildman–Crippen MR) is 55.1 cm³/mol. The number of benzene rings is 1. The molecule has 0 bridgehead atoms. The van der Waals surface area contributed by atoms with E-state index in [2.05, 4.69) is 0 Å². The first-order valence-electron chi connectivity index (χ1n) is 4.44. The van der Waals surface area contributed by atoms with Gasteiger partial charge in [-0.2, -0.15) is 0 Å². The highest BCUT2D eigenvalue weighted by Crippen LogP contribution is 2.17. The van der Waals surface area contributed by atoms with E-state index >= 15 is 0 Å². The van der Waals surface area contributed by atoms with Crippen LogP contribution in [-0.2, 0) is 6.54 Å². The molecule has 1 aromatic carbocycles. The van der Waals surface area contributed by atoms with Crippen molar-refractivity contribution < 1.29 is 4.42 Å². The third-order valence-electron chi connectivity index (χ3n) is 2.25. The Bertz CT molecular complexity index is 528. The first kappa shape index (κ1) is 8.97. The standard InChI is InChI=1S/C11H11NO2/c1-7-4-11(13)14-10-5-8(6-12)2-3-9(7)10/h2-5H,6,12H2,1H3. The van der Waals surface area contributed by atoms with Crippen LogP contribution in [0.1, 0.15) is 11.1 Å². The first-order chi connectivity index (χ1) is 6.70. The average Bonchev–Trinajstić information content (AvgIpc) is 2.16. The molecule has 3 heteroatoms. The van der Waals surface area contributed by atoms with E-state index < -0.39 is 0 Å². The summed E-state index contributed by atoms with van der Waals surface area (Å²) in [6.45, 7) is 2.34. The van der Waals surface area contributed by atoms with Gasteiger partial charge in [0.15, 0.2) is 0 Å². The molecule has 0 aliphatic rings. The van der Waals surface area contributed by atoms with E-state index in [4.69, 9.17) is 10.2 Å². The molecule has 14 heavy (non-hydrogen) atoms. The molecule has 0 aliphatic carbocycles. The van der Waals surface area contributed by atoms with Gasteiger partial charge in [0.25, 0.3) is 0 Å². The lowest BCUT2D eigenvalue weighted by atomic mass is 10.1. The highest BCUT2D eigenvalue weighted by molar-refractivity contribution is 5.80.